The van der Waals surface area contributed by atoms with E-state index < -0.39 is 0 Å². The summed E-state index contributed by atoms with van der Waals surface area (Å²) in [6.07, 6.45) is 3.50. The number of aromatic nitrogens is 3. The quantitative estimate of drug-likeness (QED) is 0.528. The second kappa shape index (κ2) is 6.07. The molecule has 26 heavy (non-hydrogen) atoms. The monoisotopic (exact) mass is 346 g/mol. The first-order valence-corrected chi connectivity index (χ1v) is 8.24. The van der Waals surface area contributed by atoms with E-state index in [0.717, 1.165) is 27.7 Å². The number of phenolic OH excluding ortho intramolecular Hbond substituents is 1. The fourth-order valence-electron chi connectivity index (χ4n) is 3.14. The molecule has 0 atom stereocenters. The van der Waals surface area contributed by atoms with E-state index in [9.17, 15) is 9.90 Å². The zero-order valence-electron chi connectivity index (χ0n) is 14.4. The maximum Gasteiger partial charge on any atom is 0.271 e. The normalized spacial score (nSPS) is 11.0. The summed E-state index contributed by atoms with van der Waals surface area (Å²) in [7, 11) is 1.62. The number of aryl methyl sites for hydroxylation is 1. The summed E-state index contributed by atoms with van der Waals surface area (Å²) in [4.78, 5) is 15.4. The van der Waals surface area contributed by atoms with Gasteiger partial charge in [-0.3, -0.25) is 4.79 Å². The van der Waals surface area contributed by atoms with Crippen LogP contribution in [-0.2, 0) is 7.05 Å². The van der Waals surface area contributed by atoms with Crippen LogP contribution in [0, 0.1) is 6.92 Å². The predicted molar refractivity (Wildman–Crippen MR) is 103 cm³/mol. The smallest absolute Gasteiger partial charge is 0.271 e. The van der Waals surface area contributed by atoms with Gasteiger partial charge < -0.3 is 15.4 Å². The van der Waals surface area contributed by atoms with Gasteiger partial charge in [0, 0.05) is 46.5 Å². The van der Waals surface area contributed by atoms with Gasteiger partial charge in [-0.15, -0.1) is 0 Å². The molecule has 0 spiro atoms. The topological polar surface area (TPSA) is 82.9 Å². The second-order valence-corrected chi connectivity index (χ2v) is 6.18. The molecule has 0 saturated heterocycles. The van der Waals surface area contributed by atoms with Crippen LogP contribution in [0.1, 0.15) is 5.56 Å². The minimum atomic E-state index is -0.151. The highest BCUT2D eigenvalue weighted by atomic mass is 16.3. The van der Waals surface area contributed by atoms with E-state index in [0.29, 0.717) is 11.3 Å². The minimum Gasteiger partial charge on any atom is -0.507 e. The number of aromatic amines is 1. The average Bonchev–Trinajstić information content (AvgIpc) is 3.11. The Labute approximate surface area is 149 Å². The van der Waals surface area contributed by atoms with Crippen molar-refractivity contribution in [2.24, 2.45) is 7.05 Å². The number of nitrogens with zero attached hydrogens (tertiary/aromatic N) is 2. The molecule has 0 bridgehead atoms. The summed E-state index contributed by atoms with van der Waals surface area (Å²) in [5.74, 6) is 0.197. The van der Waals surface area contributed by atoms with Crippen LogP contribution in [0.3, 0.4) is 0 Å². The van der Waals surface area contributed by atoms with Crippen LogP contribution in [0.2, 0.25) is 0 Å². The van der Waals surface area contributed by atoms with Crippen molar-refractivity contribution in [1.29, 1.82) is 0 Å². The van der Waals surface area contributed by atoms with Crippen molar-refractivity contribution >= 4 is 22.3 Å². The zero-order chi connectivity index (χ0) is 18.3. The highest BCUT2D eigenvalue weighted by molar-refractivity contribution is 6.03. The molecule has 0 fully saturated rings. The number of benzene rings is 2. The Hall–Kier alpha value is -3.54. The van der Waals surface area contributed by atoms with Crippen molar-refractivity contribution in [2.45, 2.75) is 6.92 Å². The molecule has 4 rings (SSSR count). The van der Waals surface area contributed by atoms with Gasteiger partial charge in [0.15, 0.2) is 0 Å². The van der Waals surface area contributed by atoms with E-state index in [1.165, 1.54) is 4.68 Å². The third kappa shape index (κ3) is 2.52. The molecule has 3 N–H and O–H groups in total. The lowest BCUT2D eigenvalue weighted by molar-refractivity contribution is 0.477. The number of rotatable bonds is 3. The number of anilines is 2. The maximum atomic E-state index is 12.2. The molecule has 0 radical (unpaired) electrons. The molecule has 6 heteroatoms. The van der Waals surface area contributed by atoms with Gasteiger partial charge >= 0.3 is 0 Å². The van der Waals surface area contributed by atoms with E-state index in [-0.39, 0.29) is 11.3 Å². The number of aromatic hydroxyl groups is 1. The van der Waals surface area contributed by atoms with Gasteiger partial charge in [0.25, 0.3) is 5.56 Å². The van der Waals surface area contributed by atoms with E-state index in [1.54, 1.807) is 32.3 Å². The molecule has 4 aromatic rings. The van der Waals surface area contributed by atoms with Crippen LogP contribution in [0.4, 0.5) is 11.4 Å². The van der Waals surface area contributed by atoms with Crippen LogP contribution >= 0.6 is 0 Å². The van der Waals surface area contributed by atoms with Gasteiger partial charge in [0.2, 0.25) is 0 Å². The molecule has 2 aromatic heterocycles. The number of hydrogen-bond acceptors (Lipinski definition) is 4. The molecule has 0 aliphatic carbocycles. The standard InChI is InChI=1S/C20H18N4O2/c1-12-17(11-22-24(2)20(12)26)23-16-8-7-15-13(9-10-21-15)19(16)14-5-3-4-6-18(14)25/h3-11,21,23,25H,1-2H3. The van der Waals surface area contributed by atoms with E-state index in [2.05, 4.69) is 15.4 Å². The summed E-state index contributed by atoms with van der Waals surface area (Å²) in [6.45, 7) is 1.76. The number of para-hydroxylation sites is 1. The molecule has 2 heterocycles. The Morgan fingerprint density at radius 3 is 2.73 bits per heavy atom. The third-order valence-electron chi connectivity index (χ3n) is 4.56. The highest BCUT2D eigenvalue weighted by Crippen LogP contribution is 2.40. The number of phenols is 1. The lowest BCUT2D eigenvalue weighted by Crippen LogP contribution is -2.22. The first kappa shape index (κ1) is 16.0. The average molecular weight is 346 g/mol. The minimum absolute atomic E-state index is 0.151. The van der Waals surface area contributed by atoms with Gasteiger partial charge in [-0.2, -0.15) is 5.10 Å². The molecule has 6 nitrogen and oxygen atoms in total. The molecule has 0 aliphatic rings. The van der Waals surface area contributed by atoms with Crippen molar-refractivity contribution in [3.05, 3.63) is 70.8 Å². The SMILES string of the molecule is Cc1c(Nc2ccc3[nH]ccc3c2-c2ccccc2O)cnn(C)c1=O. The van der Waals surface area contributed by atoms with Crippen molar-refractivity contribution in [3.8, 4) is 16.9 Å². The van der Waals surface area contributed by atoms with Crippen LogP contribution < -0.4 is 10.9 Å². The first-order valence-electron chi connectivity index (χ1n) is 8.24. The predicted octanol–water partition coefficient (Wildman–Crippen LogP) is 3.69. The van der Waals surface area contributed by atoms with Crippen LogP contribution in [0.25, 0.3) is 22.0 Å². The lowest BCUT2D eigenvalue weighted by Gasteiger charge is -2.16. The van der Waals surface area contributed by atoms with Crippen LogP contribution in [0.5, 0.6) is 5.75 Å². The number of nitrogens with one attached hydrogen (secondary N) is 2. The number of H-pyrrole nitrogens is 1. The summed E-state index contributed by atoms with van der Waals surface area (Å²) in [5.41, 5.74) is 4.40. The molecular formula is C20H18N4O2. The molecule has 0 saturated carbocycles. The van der Waals surface area contributed by atoms with E-state index in [4.69, 9.17) is 0 Å². The lowest BCUT2D eigenvalue weighted by atomic mass is 9.98. The van der Waals surface area contributed by atoms with Gasteiger partial charge in [0.1, 0.15) is 5.75 Å². The van der Waals surface area contributed by atoms with Crippen LogP contribution in [-0.4, -0.2) is 19.9 Å². The number of fused-ring (bicyclic) bond motifs is 1. The molecular weight excluding hydrogens is 328 g/mol. The van der Waals surface area contributed by atoms with Crippen molar-refractivity contribution in [1.82, 2.24) is 14.8 Å². The van der Waals surface area contributed by atoms with Crippen molar-refractivity contribution in [2.75, 3.05) is 5.32 Å². The molecule has 130 valence electrons. The Morgan fingerprint density at radius 2 is 1.92 bits per heavy atom. The summed E-state index contributed by atoms with van der Waals surface area (Å²) in [6, 6.07) is 13.1. The Kier molecular flexibility index (Phi) is 3.73. The maximum absolute atomic E-state index is 12.2. The first-order chi connectivity index (χ1) is 12.6. The Balaban J connectivity index is 1.94. The third-order valence-corrected chi connectivity index (χ3v) is 4.56. The summed E-state index contributed by atoms with van der Waals surface area (Å²) >= 11 is 0. The van der Waals surface area contributed by atoms with Crippen molar-refractivity contribution < 1.29 is 5.11 Å². The largest absolute Gasteiger partial charge is 0.507 e. The fraction of sp³-hybridized carbons (Fsp3) is 0.100. The fourth-order valence-corrected chi connectivity index (χ4v) is 3.14. The van der Waals surface area contributed by atoms with Gasteiger partial charge in [0.05, 0.1) is 11.9 Å². The Bertz CT molecular complexity index is 1170. The molecule has 0 aliphatic heterocycles. The molecule has 0 amide bonds. The zero-order valence-corrected chi connectivity index (χ0v) is 14.4. The molecule has 0 unspecified atom stereocenters. The van der Waals surface area contributed by atoms with Crippen molar-refractivity contribution in [3.63, 3.8) is 0 Å². The molecule has 2 aromatic carbocycles. The van der Waals surface area contributed by atoms with E-state index in [1.807, 2.05) is 36.5 Å². The van der Waals surface area contributed by atoms with Gasteiger partial charge in [-0.25, -0.2) is 4.68 Å². The van der Waals surface area contributed by atoms with Crippen LogP contribution in [0.15, 0.2) is 59.7 Å². The van der Waals surface area contributed by atoms with Gasteiger partial charge in [-0.05, 0) is 31.2 Å². The summed E-state index contributed by atoms with van der Waals surface area (Å²) < 4.78 is 1.31. The summed E-state index contributed by atoms with van der Waals surface area (Å²) in [5, 5.41) is 18.8. The van der Waals surface area contributed by atoms with Gasteiger partial charge in [-0.1, -0.05) is 18.2 Å². The second-order valence-electron chi connectivity index (χ2n) is 6.18. The van der Waals surface area contributed by atoms with E-state index >= 15 is 0 Å². The highest BCUT2D eigenvalue weighted by Gasteiger charge is 2.15. The number of hydrogen-bond donors (Lipinski definition) is 3. The Morgan fingerprint density at radius 1 is 1.12 bits per heavy atom.